The average molecular weight is 285 g/mol. The highest BCUT2D eigenvalue weighted by Gasteiger charge is 2.30. The van der Waals surface area contributed by atoms with E-state index >= 15 is 0 Å². The van der Waals surface area contributed by atoms with E-state index in [1.54, 1.807) is 12.7 Å². The van der Waals surface area contributed by atoms with Crippen molar-refractivity contribution in [2.75, 3.05) is 11.9 Å². The summed E-state index contributed by atoms with van der Waals surface area (Å²) < 4.78 is 38.9. The van der Waals surface area contributed by atoms with E-state index in [0.717, 1.165) is 31.6 Å². The smallest absolute Gasteiger partial charge is 0.370 e. The van der Waals surface area contributed by atoms with E-state index in [0.29, 0.717) is 12.4 Å². The molecule has 0 aliphatic rings. The second-order valence-electron chi connectivity index (χ2n) is 4.26. The number of anilines is 1. The number of pyridine rings is 1. The normalized spacial score (nSPS) is 11.6. The van der Waals surface area contributed by atoms with Crippen LogP contribution in [-0.4, -0.2) is 26.3 Å². The average Bonchev–Trinajstić information content (AvgIpc) is 2.91. The van der Waals surface area contributed by atoms with Crippen LogP contribution in [0.3, 0.4) is 0 Å². The van der Waals surface area contributed by atoms with E-state index in [1.165, 1.54) is 6.07 Å². The molecule has 0 fully saturated rings. The Hall–Kier alpha value is -2.12. The molecule has 2 aromatic rings. The molecule has 0 aromatic carbocycles. The number of hydrogen-bond donors (Lipinski definition) is 1. The van der Waals surface area contributed by atoms with E-state index in [1.807, 2.05) is 4.57 Å². The van der Waals surface area contributed by atoms with Crippen molar-refractivity contribution in [3.8, 4) is 0 Å². The highest BCUT2D eigenvalue weighted by Crippen LogP contribution is 2.28. The summed E-state index contributed by atoms with van der Waals surface area (Å²) in [6, 6.07) is 2.36. The molecule has 2 rings (SSSR count). The van der Waals surface area contributed by atoms with Gasteiger partial charge in [-0.25, -0.2) is 4.98 Å². The predicted molar refractivity (Wildman–Crippen MR) is 67.0 cm³/mol. The molecule has 2 heterocycles. The predicted octanol–water partition coefficient (Wildman–Crippen LogP) is 2.58. The molecule has 0 unspecified atom stereocenters. The Morgan fingerprint density at radius 2 is 1.85 bits per heavy atom. The second-order valence-corrected chi connectivity index (χ2v) is 4.26. The first-order valence-corrected chi connectivity index (χ1v) is 6.15. The van der Waals surface area contributed by atoms with Gasteiger partial charge in [-0.3, -0.25) is 0 Å². The number of alkyl halides is 3. The minimum Gasteiger partial charge on any atom is -0.370 e. The second kappa shape index (κ2) is 6.36. The topological polar surface area (TPSA) is 55.6 Å². The first kappa shape index (κ1) is 14.3. The molecular weight excluding hydrogens is 271 g/mol. The van der Waals surface area contributed by atoms with E-state index in [4.69, 9.17) is 0 Å². The zero-order chi connectivity index (χ0) is 14.4. The Kier molecular flexibility index (Phi) is 4.54. The minimum atomic E-state index is -4.34. The van der Waals surface area contributed by atoms with Gasteiger partial charge in [0.2, 0.25) is 0 Å². The number of halogens is 3. The summed E-state index contributed by atoms with van der Waals surface area (Å²) in [4.78, 5) is 3.74. The van der Waals surface area contributed by atoms with Crippen LogP contribution < -0.4 is 5.32 Å². The van der Waals surface area contributed by atoms with Crippen molar-refractivity contribution < 1.29 is 13.2 Å². The van der Waals surface area contributed by atoms with Crippen molar-refractivity contribution in [2.24, 2.45) is 0 Å². The number of nitrogens with zero attached hydrogens (tertiary/aromatic N) is 4. The molecule has 108 valence electrons. The van der Waals surface area contributed by atoms with Crippen LogP contribution in [0, 0.1) is 0 Å². The minimum absolute atomic E-state index is 0.447. The van der Waals surface area contributed by atoms with Crippen LogP contribution in [0.15, 0.2) is 31.0 Å². The zero-order valence-corrected chi connectivity index (χ0v) is 10.6. The van der Waals surface area contributed by atoms with Crippen LogP contribution in [0.5, 0.6) is 0 Å². The Morgan fingerprint density at radius 1 is 1.10 bits per heavy atom. The van der Waals surface area contributed by atoms with E-state index < -0.39 is 11.7 Å². The Morgan fingerprint density at radius 3 is 2.45 bits per heavy atom. The molecule has 1 N–H and O–H groups in total. The fourth-order valence-electron chi connectivity index (χ4n) is 1.64. The third-order valence-corrected chi connectivity index (χ3v) is 2.71. The van der Waals surface area contributed by atoms with Crippen LogP contribution in [-0.2, 0) is 12.7 Å². The summed E-state index contributed by atoms with van der Waals surface area (Å²) in [7, 11) is 0. The van der Waals surface area contributed by atoms with Gasteiger partial charge in [0.15, 0.2) is 0 Å². The summed E-state index contributed by atoms with van der Waals surface area (Å²) in [5.74, 6) is 0.447. The van der Waals surface area contributed by atoms with Crippen molar-refractivity contribution in [2.45, 2.75) is 25.6 Å². The Labute approximate surface area is 113 Å². The SMILES string of the molecule is FC(F)(F)c1ccc(NCCCCn2cnnc2)nc1. The maximum atomic E-state index is 12.3. The Bertz CT molecular complexity index is 507. The first-order valence-electron chi connectivity index (χ1n) is 6.15. The standard InChI is InChI=1S/C12H14F3N5/c13-12(14,15)10-3-4-11(17-7-10)16-5-1-2-6-20-8-18-19-9-20/h3-4,7-9H,1-2,5-6H2,(H,16,17). The number of aromatic nitrogens is 4. The zero-order valence-electron chi connectivity index (χ0n) is 10.6. The molecule has 0 amide bonds. The van der Waals surface area contributed by atoms with Crippen LogP contribution >= 0.6 is 0 Å². The molecule has 20 heavy (non-hydrogen) atoms. The van der Waals surface area contributed by atoms with Gasteiger partial charge in [-0.2, -0.15) is 13.2 Å². The number of aryl methyl sites for hydroxylation is 1. The number of hydrogen-bond acceptors (Lipinski definition) is 4. The van der Waals surface area contributed by atoms with Gasteiger partial charge in [-0.1, -0.05) is 0 Å². The first-order chi connectivity index (χ1) is 9.55. The fourth-order valence-corrected chi connectivity index (χ4v) is 1.64. The lowest BCUT2D eigenvalue weighted by Gasteiger charge is -2.08. The quantitative estimate of drug-likeness (QED) is 0.829. The summed E-state index contributed by atoms with van der Waals surface area (Å²) in [6.07, 6.45) is 1.58. The van der Waals surface area contributed by atoms with Crippen LogP contribution in [0.2, 0.25) is 0 Å². The highest BCUT2D eigenvalue weighted by atomic mass is 19.4. The van der Waals surface area contributed by atoms with Gasteiger partial charge < -0.3 is 9.88 Å². The van der Waals surface area contributed by atoms with E-state index in [9.17, 15) is 13.2 Å². The third kappa shape index (κ3) is 4.22. The van der Waals surface area contributed by atoms with E-state index in [-0.39, 0.29) is 0 Å². The molecule has 8 heteroatoms. The molecule has 0 radical (unpaired) electrons. The van der Waals surface area contributed by atoms with E-state index in [2.05, 4.69) is 20.5 Å². The lowest BCUT2D eigenvalue weighted by atomic mass is 10.2. The summed E-state index contributed by atoms with van der Waals surface area (Å²) >= 11 is 0. The van der Waals surface area contributed by atoms with Crippen molar-refractivity contribution in [1.29, 1.82) is 0 Å². The Balaban J connectivity index is 1.69. The lowest BCUT2D eigenvalue weighted by molar-refractivity contribution is -0.137. The molecule has 0 atom stereocenters. The lowest BCUT2D eigenvalue weighted by Crippen LogP contribution is -2.08. The van der Waals surface area contributed by atoms with Gasteiger partial charge in [-0.05, 0) is 25.0 Å². The van der Waals surface area contributed by atoms with Crippen molar-refractivity contribution in [1.82, 2.24) is 19.7 Å². The van der Waals surface area contributed by atoms with Crippen LogP contribution in [0.4, 0.5) is 19.0 Å². The highest BCUT2D eigenvalue weighted by molar-refractivity contribution is 5.35. The fraction of sp³-hybridized carbons (Fsp3) is 0.417. The summed E-state index contributed by atoms with van der Waals surface area (Å²) in [5.41, 5.74) is -0.740. The van der Waals surface area contributed by atoms with Gasteiger partial charge >= 0.3 is 6.18 Å². The summed E-state index contributed by atoms with van der Waals surface area (Å²) in [6.45, 7) is 1.47. The van der Waals surface area contributed by atoms with Gasteiger partial charge in [-0.15, -0.1) is 10.2 Å². The maximum absolute atomic E-state index is 12.3. The molecule has 0 bridgehead atoms. The van der Waals surface area contributed by atoms with Gasteiger partial charge in [0.25, 0.3) is 0 Å². The number of unbranched alkanes of at least 4 members (excludes halogenated alkanes) is 1. The molecule has 0 saturated carbocycles. The third-order valence-electron chi connectivity index (χ3n) is 2.71. The van der Waals surface area contributed by atoms with Gasteiger partial charge in [0.05, 0.1) is 5.56 Å². The van der Waals surface area contributed by atoms with Crippen molar-refractivity contribution in [3.63, 3.8) is 0 Å². The largest absolute Gasteiger partial charge is 0.417 e. The van der Waals surface area contributed by atoms with Crippen LogP contribution in [0.25, 0.3) is 0 Å². The van der Waals surface area contributed by atoms with Crippen molar-refractivity contribution in [3.05, 3.63) is 36.5 Å². The molecule has 0 saturated heterocycles. The van der Waals surface area contributed by atoms with Gasteiger partial charge in [0.1, 0.15) is 18.5 Å². The molecule has 0 spiro atoms. The maximum Gasteiger partial charge on any atom is 0.417 e. The molecule has 0 aliphatic carbocycles. The van der Waals surface area contributed by atoms with Gasteiger partial charge in [0, 0.05) is 19.3 Å². The number of rotatable bonds is 6. The number of nitrogens with one attached hydrogen (secondary N) is 1. The summed E-state index contributed by atoms with van der Waals surface area (Å²) in [5, 5.41) is 10.4. The molecular formula is C12H14F3N5. The molecule has 0 aliphatic heterocycles. The molecule has 5 nitrogen and oxygen atoms in total. The van der Waals surface area contributed by atoms with Crippen LogP contribution in [0.1, 0.15) is 18.4 Å². The monoisotopic (exact) mass is 285 g/mol. The van der Waals surface area contributed by atoms with Crippen molar-refractivity contribution >= 4 is 5.82 Å². The molecule has 2 aromatic heterocycles.